The highest BCUT2D eigenvalue weighted by atomic mass is 19.1. The van der Waals surface area contributed by atoms with Gasteiger partial charge in [-0.25, -0.2) is 13.2 Å². The first-order valence-corrected chi connectivity index (χ1v) is 9.23. The maximum Gasteiger partial charge on any atom is 0.308 e. The molecule has 0 atom stereocenters. The summed E-state index contributed by atoms with van der Waals surface area (Å²) in [6, 6.07) is 5.92. The fourth-order valence-corrected chi connectivity index (χ4v) is 3.50. The summed E-state index contributed by atoms with van der Waals surface area (Å²) < 4.78 is 53.1. The van der Waals surface area contributed by atoms with Crippen LogP contribution in [0.2, 0.25) is 0 Å². The Bertz CT molecular complexity index is 1170. The zero-order chi connectivity index (χ0) is 21.4. The summed E-state index contributed by atoms with van der Waals surface area (Å²) >= 11 is 0. The summed E-state index contributed by atoms with van der Waals surface area (Å²) in [5, 5.41) is 0.210. The molecular formula is C21H17F3N2O4. The number of methoxy groups -OCH3 is 1. The number of nitrogens with zero attached hydrogens (tertiary/aromatic N) is 2. The Morgan fingerprint density at radius 2 is 1.87 bits per heavy atom. The van der Waals surface area contributed by atoms with Crippen molar-refractivity contribution >= 4 is 16.9 Å². The molecule has 0 amide bonds. The summed E-state index contributed by atoms with van der Waals surface area (Å²) in [6.07, 6.45) is 2.05. The Balaban J connectivity index is 1.59. The number of carbonyl (C=O) groups excluding carboxylic acids is 1. The molecule has 1 saturated carbocycles. The van der Waals surface area contributed by atoms with Crippen molar-refractivity contribution in [3.05, 3.63) is 70.0 Å². The lowest BCUT2D eigenvalue weighted by molar-refractivity contribution is -0.151. The minimum Gasteiger partial charge on any atom is -0.490 e. The Labute approximate surface area is 168 Å². The van der Waals surface area contributed by atoms with Crippen molar-refractivity contribution in [1.82, 2.24) is 9.55 Å². The van der Waals surface area contributed by atoms with Crippen molar-refractivity contribution in [1.29, 1.82) is 0 Å². The Hall–Kier alpha value is -3.36. The van der Waals surface area contributed by atoms with E-state index in [1.165, 1.54) is 24.1 Å². The number of esters is 1. The summed E-state index contributed by atoms with van der Waals surface area (Å²) in [5.74, 6) is -3.11. The van der Waals surface area contributed by atoms with Gasteiger partial charge in [0.25, 0.3) is 5.56 Å². The molecule has 1 aromatic heterocycles. The van der Waals surface area contributed by atoms with Gasteiger partial charge in [0.2, 0.25) is 0 Å². The van der Waals surface area contributed by atoms with Crippen LogP contribution in [0.3, 0.4) is 0 Å². The third-order valence-corrected chi connectivity index (χ3v) is 5.19. The fraction of sp³-hybridized carbons (Fsp3) is 0.286. The molecule has 9 heteroatoms. The lowest BCUT2D eigenvalue weighted by atomic mass is 9.82. The molecule has 0 radical (unpaired) electrons. The van der Waals surface area contributed by atoms with E-state index in [0.717, 1.165) is 0 Å². The standard InChI is InChI=1S/C21H17F3N2O4/c1-29-21(28)11-4-14(5-11)30-13-2-3-19-15(8-13)20(27)25-10-26(19)9-16-17(23)6-12(22)7-18(16)24/h2-3,6-8,10-11,14H,4-5,9H2,1H3/t11-,14-. The van der Waals surface area contributed by atoms with Crippen LogP contribution in [0.15, 0.2) is 41.5 Å². The number of aromatic nitrogens is 2. The zero-order valence-corrected chi connectivity index (χ0v) is 15.9. The Morgan fingerprint density at radius 1 is 1.17 bits per heavy atom. The monoisotopic (exact) mass is 418 g/mol. The van der Waals surface area contributed by atoms with Gasteiger partial charge in [0.15, 0.2) is 0 Å². The van der Waals surface area contributed by atoms with Crippen LogP contribution in [-0.2, 0) is 16.1 Å². The van der Waals surface area contributed by atoms with E-state index in [1.54, 1.807) is 12.1 Å². The molecule has 1 fully saturated rings. The van der Waals surface area contributed by atoms with Crippen LogP contribution < -0.4 is 10.3 Å². The maximum atomic E-state index is 14.0. The summed E-state index contributed by atoms with van der Waals surface area (Å²) in [5.41, 5.74) is -0.467. The SMILES string of the molecule is COC(=O)[C@H]1C[C@H](Oc2ccc3c(c2)c(=O)ncn3Cc2c(F)cc(F)cc2F)C1. The molecule has 0 bridgehead atoms. The van der Waals surface area contributed by atoms with Gasteiger partial charge in [-0.05, 0) is 31.0 Å². The topological polar surface area (TPSA) is 70.4 Å². The highest BCUT2D eigenvalue weighted by molar-refractivity contribution is 5.79. The van der Waals surface area contributed by atoms with Gasteiger partial charge in [-0.15, -0.1) is 0 Å². The van der Waals surface area contributed by atoms with Crippen molar-refractivity contribution in [2.75, 3.05) is 7.11 Å². The van der Waals surface area contributed by atoms with Gasteiger partial charge in [-0.1, -0.05) is 0 Å². The number of halogens is 3. The highest BCUT2D eigenvalue weighted by Gasteiger charge is 2.36. The average molecular weight is 418 g/mol. The van der Waals surface area contributed by atoms with Crippen LogP contribution in [0.25, 0.3) is 10.9 Å². The minimum atomic E-state index is -1.02. The molecule has 1 aliphatic rings. The van der Waals surface area contributed by atoms with Crippen molar-refractivity contribution in [2.24, 2.45) is 5.92 Å². The molecule has 0 aliphatic heterocycles. The number of benzene rings is 2. The molecule has 0 saturated heterocycles. The second-order valence-corrected chi connectivity index (χ2v) is 7.14. The van der Waals surface area contributed by atoms with Crippen LogP contribution in [-0.4, -0.2) is 28.7 Å². The van der Waals surface area contributed by atoms with Crippen LogP contribution in [0.5, 0.6) is 5.75 Å². The van der Waals surface area contributed by atoms with E-state index in [0.29, 0.717) is 36.2 Å². The molecule has 0 spiro atoms. The van der Waals surface area contributed by atoms with Crippen LogP contribution in [0.1, 0.15) is 18.4 Å². The first-order valence-electron chi connectivity index (χ1n) is 9.23. The summed E-state index contributed by atoms with van der Waals surface area (Å²) in [6.45, 7) is -0.272. The summed E-state index contributed by atoms with van der Waals surface area (Å²) in [4.78, 5) is 27.4. The molecule has 1 heterocycles. The second kappa shape index (κ2) is 7.81. The van der Waals surface area contributed by atoms with Gasteiger partial charge < -0.3 is 14.0 Å². The van der Waals surface area contributed by atoms with Crippen LogP contribution in [0, 0.1) is 23.4 Å². The van der Waals surface area contributed by atoms with Crippen LogP contribution in [0.4, 0.5) is 13.2 Å². The van der Waals surface area contributed by atoms with E-state index in [1.807, 2.05) is 0 Å². The molecule has 0 N–H and O–H groups in total. The van der Waals surface area contributed by atoms with Gasteiger partial charge in [-0.3, -0.25) is 9.59 Å². The molecule has 2 aromatic carbocycles. The molecule has 1 aliphatic carbocycles. The lowest BCUT2D eigenvalue weighted by Crippen LogP contribution is -2.38. The molecule has 3 aromatic rings. The maximum absolute atomic E-state index is 14.0. The molecule has 6 nitrogen and oxygen atoms in total. The zero-order valence-electron chi connectivity index (χ0n) is 15.9. The Morgan fingerprint density at radius 3 is 2.53 bits per heavy atom. The lowest BCUT2D eigenvalue weighted by Gasteiger charge is -2.33. The largest absolute Gasteiger partial charge is 0.490 e. The number of ether oxygens (including phenoxy) is 2. The third kappa shape index (κ3) is 3.74. The molecule has 0 unspecified atom stereocenters. The first kappa shape index (κ1) is 19.9. The normalized spacial score (nSPS) is 18.1. The number of rotatable bonds is 5. The van der Waals surface area contributed by atoms with Crippen molar-refractivity contribution in [3.8, 4) is 5.75 Å². The molecule has 4 rings (SSSR count). The molecule has 30 heavy (non-hydrogen) atoms. The second-order valence-electron chi connectivity index (χ2n) is 7.14. The smallest absolute Gasteiger partial charge is 0.308 e. The number of carbonyl (C=O) groups is 1. The Kier molecular flexibility index (Phi) is 5.19. The van der Waals surface area contributed by atoms with E-state index in [4.69, 9.17) is 9.47 Å². The highest BCUT2D eigenvalue weighted by Crippen LogP contribution is 2.33. The fourth-order valence-electron chi connectivity index (χ4n) is 3.50. The van der Waals surface area contributed by atoms with Gasteiger partial charge in [-0.2, -0.15) is 4.98 Å². The minimum absolute atomic E-state index is 0.173. The van der Waals surface area contributed by atoms with Crippen LogP contribution >= 0.6 is 0 Å². The van der Waals surface area contributed by atoms with E-state index in [9.17, 15) is 22.8 Å². The summed E-state index contributed by atoms with van der Waals surface area (Å²) in [7, 11) is 1.33. The van der Waals surface area contributed by atoms with E-state index < -0.39 is 23.0 Å². The third-order valence-electron chi connectivity index (χ3n) is 5.19. The van der Waals surface area contributed by atoms with E-state index >= 15 is 0 Å². The quantitative estimate of drug-likeness (QED) is 0.596. The van der Waals surface area contributed by atoms with Gasteiger partial charge in [0, 0.05) is 17.7 Å². The van der Waals surface area contributed by atoms with Crippen molar-refractivity contribution in [2.45, 2.75) is 25.5 Å². The number of hydrogen-bond acceptors (Lipinski definition) is 5. The van der Waals surface area contributed by atoms with Gasteiger partial charge in [0.05, 0.1) is 36.8 Å². The molecular weight excluding hydrogens is 401 g/mol. The van der Waals surface area contributed by atoms with E-state index in [2.05, 4.69) is 4.98 Å². The number of fused-ring (bicyclic) bond motifs is 1. The van der Waals surface area contributed by atoms with Gasteiger partial charge >= 0.3 is 5.97 Å². The average Bonchev–Trinajstić information content (AvgIpc) is 2.68. The van der Waals surface area contributed by atoms with Crippen molar-refractivity contribution in [3.63, 3.8) is 0 Å². The predicted molar refractivity (Wildman–Crippen MR) is 101 cm³/mol. The van der Waals surface area contributed by atoms with Gasteiger partial charge in [0.1, 0.15) is 29.3 Å². The number of hydrogen-bond donors (Lipinski definition) is 0. The van der Waals surface area contributed by atoms with E-state index in [-0.39, 0.29) is 35.5 Å². The first-order chi connectivity index (χ1) is 14.4. The molecule has 156 valence electrons. The van der Waals surface area contributed by atoms with Crippen molar-refractivity contribution < 1.29 is 27.4 Å². The predicted octanol–water partition coefficient (Wildman–Crippen LogP) is 3.19.